The fourth-order valence-corrected chi connectivity index (χ4v) is 2.47. The van der Waals surface area contributed by atoms with E-state index in [1.807, 2.05) is 26.0 Å². The van der Waals surface area contributed by atoms with Gasteiger partial charge in [0.15, 0.2) is 0 Å². The van der Waals surface area contributed by atoms with Gasteiger partial charge in [0.1, 0.15) is 5.15 Å². The number of nitrogens with zero attached hydrogens (tertiary/aromatic N) is 2. The first-order valence-corrected chi connectivity index (χ1v) is 6.78. The maximum absolute atomic E-state index is 10.3. The Kier molecular flexibility index (Phi) is 4.19. The Labute approximate surface area is 122 Å². The summed E-state index contributed by atoms with van der Waals surface area (Å²) in [4.78, 5) is 0. The van der Waals surface area contributed by atoms with E-state index in [4.69, 9.17) is 23.2 Å². The first-order valence-electron chi connectivity index (χ1n) is 6.02. The van der Waals surface area contributed by atoms with Gasteiger partial charge in [0, 0.05) is 24.1 Å². The molecule has 19 heavy (non-hydrogen) atoms. The molecule has 1 unspecified atom stereocenters. The number of hydrogen-bond acceptors (Lipinski definition) is 2. The SMILES string of the molecule is Cc1ccc(C(O)Cc2c(C)nn(C)c2Cl)cc1Cl. The number of aliphatic hydroxyl groups excluding tert-OH is 1. The van der Waals surface area contributed by atoms with E-state index < -0.39 is 6.10 Å². The van der Waals surface area contributed by atoms with E-state index in [0.29, 0.717) is 16.6 Å². The van der Waals surface area contributed by atoms with Crippen LogP contribution in [0.1, 0.15) is 28.5 Å². The Morgan fingerprint density at radius 3 is 2.53 bits per heavy atom. The quantitative estimate of drug-likeness (QED) is 0.940. The van der Waals surface area contributed by atoms with Crippen molar-refractivity contribution in [1.29, 1.82) is 0 Å². The van der Waals surface area contributed by atoms with Crippen LogP contribution in [0.2, 0.25) is 10.2 Å². The minimum Gasteiger partial charge on any atom is -0.388 e. The number of aryl methyl sites for hydroxylation is 3. The van der Waals surface area contributed by atoms with Gasteiger partial charge in [0.25, 0.3) is 0 Å². The molecule has 0 amide bonds. The van der Waals surface area contributed by atoms with Crippen LogP contribution >= 0.6 is 23.2 Å². The largest absolute Gasteiger partial charge is 0.388 e. The molecular weight excluding hydrogens is 283 g/mol. The summed E-state index contributed by atoms with van der Waals surface area (Å²) in [7, 11) is 1.79. The van der Waals surface area contributed by atoms with Crippen LogP contribution in [0.15, 0.2) is 18.2 Å². The standard InChI is InChI=1S/C14H16Cl2N2O/c1-8-4-5-10(6-12(8)15)13(19)7-11-9(2)17-18(3)14(11)16/h4-6,13,19H,7H2,1-3H3. The molecule has 1 aromatic heterocycles. The van der Waals surface area contributed by atoms with Gasteiger partial charge < -0.3 is 5.11 Å². The zero-order valence-corrected chi connectivity index (χ0v) is 12.6. The van der Waals surface area contributed by atoms with Gasteiger partial charge in [-0.3, -0.25) is 4.68 Å². The molecule has 0 saturated heterocycles. The maximum atomic E-state index is 10.3. The molecule has 2 aromatic rings. The van der Waals surface area contributed by atoms with Crippen molar-refractivity contribution < 1.29 is 5.11 Å². The molecule has 0 aliphatic heterocycles. The Morgan fingerprint density at radius 1 is 1.32 bits per heavy atom. The first-order chi connectivity index (χ1) is 8.90. The third-order valence-electron chi connectivity index (χ3n) is 3.25. The van der Waals surface area contributed by atoms with Gasteiger partial charge in [-0.2, -0.15) is 5.10 Å². The van der Waals surface area contributed by atoms with Crippen molar-refractivity contribution in [2.75, 3.05) is 0 Å². The van der Waals surface area contributed by atoms with E-state index in [1.54, 1.807) is 17.8 Å². The fraction of sp³-hybridized carbons (Fsp3) is 0.357. The zero-order chi connectivity index (χ0) is 14.2. The van der Waals surface area contributed by atoms with Crippen molar-refractivity contribution in [2.45, 2.75) is 26.4 Å². The zero-order valence-electron chi connectivity index (χ0n) is 11.1. The highest BCUT2D eigenvalue weighted by Gasteiger charge is 2.17. The highest BCUT2D eigenvalue weighted by molar-refractivity contribution is 6.31. The van der Waals surface area contributed by atoms with E-state index >= 15 is 0 Å². The van der Waals surface area contributed by atoms with Crippen LogP contribution in [0.3, 0.4) is 0 Å². The summed E-state index contributed by atoms with van der Waals surface area (Å²) in [6, 6.07) is 5.57. The second-order valence-corrected chi connectivity index (χ2v) is 5.47. The van der Waals surface area contributed by atoms with Gasteiger partial charge in [-0.25, -0.2) is 0 Å². The maximum Gasteiger partial charge on any atom is 0.130 e. The molecule has 0 spiro atoms. The van der Waals surface area contributed by atoms with E-state index in [1.165, 1.54) is 0 Å². The molecule has 0 radical (unpaired) electrons. The first kappa shape index (κ1) is 14.4. The summed E-state index contributed by atoms with van der Waals surface area (Å²) in [6.45, 7) is 3.82. The third-order valence-corrected chi connectivity index (χ3v) is 4.13. The molecule has 102 valence electrons. The highest BCUT2D eigenvalue weighted by atomic mass is 35.5. The Hall–Kier alpha value is -1.03. The predicted molar refractivity (Wildman–Crippen MR) is 77.8 cm³/mol. The third kappa shape index (κ3) is 2.94. The van der Waals surface area contributed by atoms with Crippen molar-refractivity contribution in [3.8, 4) is 0 Å². The molecule has 0 saturated carbocycles. The lowest BCUT2D eigenvalue weighted by Crippen LogP contribution is -2.03. The smallest absolute Gasteiger partial charge is 0.130 e. The summed E-state index contributed by atoms with van der Waals surface area (Å²) in [5.74, 6) is 0. The number of hydrogen-bond donors (Lipinski definition) is 1. The number of rotatable bonds is 3. The molecule has 1 aromatic carbocycles. The lowest BCUT2D eigenvalue weighted by molar-refractivity contribution is 0.178. The van der Waals surface area contributed by atoms with Gasteiger partial charge >= 0.3 is 0 Å². The second-order valence-electron chi connectivity index (χ2n) is 4.71. The van der Waals surface area contributed by atoms with Gasteiger partial charge in [-0.05, 0) is 31.0 Å². The van der Waals surface area contributed by atoms with Crippen LogP contribution in [0, 0.1) is 13.8 Å². The Bertz CT molecular complexity index is 608. The van der Waals surface area contributed by atoms with Crippen LogP contribution in [0.5, 0.6) is 0 Å². The Balaban J connectivity index is 2.25. The van der Waals surface area contributed by atoms with E-state index in [9.17, 15) is 5.11 Å². The molecule has 1 atom stereocenters. The molecule has 0 fully saturated rings. The number of aliphatic hydroxyl groups is 1. The van der Waals surface area contributed by atoms with Gasteiger partial charge in [0.05, 0.1) is 11.8 Å². The lowest BCUT2D eigenvalue weighted by Gasteiger charge is -2.12. The average Bonchev–Trinajstić information content (AvgIpc) is 2.59. The predicted octanol–water partition coefficient (Wildman–Crippen LogP) is 3.62. The van der Waals surface area contributed by atoms with Crippen LogP contribution < -0.4 is 0 Å². The molecule has 1 N–H and O–H groups in total. The number of aromatic nitrogens is 2. The van der Waals surface area contributed by atoms with E-state index in [2.05, 4.69) is 5.10 Å². The molecule has 0 bridgehead atoms. The van der Waals surface area contributed by atoms with Crippen LogP contribution in [-0.2, 0) is 13.5 Å². The van der Waals surface area contributed by atoms with E-state index in [-0.39, 0.29) is 0 Å². The molecule has 5 heteroatoms. The van der Waals surface area contributed by atoms with Gasteiger partial charge in [-0.1, -0.05) is 35.3 Å². The van der Waals surface area contributed by atoms with Crippen molar-refractivity contribution in [1.82, 2.24) is 9.78 Å². The highest BCUT2D eigenvalue weighted by Crippen LogP contribution is 2.27. The fourth-order valence-electron chi connectivity index (χ4n) is 2.03. The van der Waals surface area contributed by atoms with Gasteiger partial charge in [0.2, 0.25) is 0 Å². The molecule has 1 heterocycles. The normalized spacial score (nSPS) is 12.7. The topological polar surface area (TPSA) is 38.1 Å². The average molecular weight is 299 g/mol. The number of halogens is 2. The van der Waals surface area contributed by atoms with Gasteiger partial charge in [-0.15, -0.1) is 0 Å². The molecule has 0 aliphatic carbocycles. The molecule has 3 nitrogen and oxygen atoms in total. The Morgan fingerprint density at radius 2 is 2.00 bits per heavy atom. The van der Waals surface area contributed by atoms with E-state index in [0.717, 1.165) is 22.4 Å². The number of benzene rings is 1. The summed E-state index contributed by atoms with van der Waals surface area (Å²) in [5.41, 5.74) is 3.49. The summed E-state index contributed by atoms with van der Waals surface area (Å²) in [6.07, 6.45) is -0.212. The minimum atomic E-state index is -0.640. The van der Waals surface area contributed by atoms with Crippen molar-refractivity contribution >= 4 is 23.2 Å². The summed E-state index contributed by atoms with van der Waals surface area (Å²) < 4.78 is 1.61. The van der Waals surface area contributed by atoms with Crippen LogP contribution in [0.4, 0.5) is 0 Å². The minimum absolute atomic E-state index is 0.428. The monoisotopic (exact) mass is 298 g/mol. The molecular formula is C14H16Cl2N2O. The summed E-state index contributed by atoms with van der Waals surface area (Å²) in [5, 5.41) is 15.8. The van der Waals surface area contributed by atoms with Crippen molar-refractivity contribution in [2.24, 2.45) is 7.05 Å². The van der Waals surface area contributed by atoms with Crippen LogP contribution in [0.25, 0.3) is 0 Å². The lowest BCUT2D eigenvalue weighted by atomic mass is 10.0. The second kappa shape index (κ2) is 5.53. The van der Waals surface area contributed by atoms with Crippen molar-refractivity contribution in [3.05, 3.63) is 50.8 Å². The van der Waals surface area contributed by atoms with Crippen LogP contribution in [-0.4, -0.2) is 14.9 Å². The molecule has 2 rings (SSSR count). The molecule has 0 aliphatic rings. The van der Waals surface area contributed by atoms with Crippen molar-refractivity contribution in [3.63, 3.8) is 0 Å². The summed E-state index contributed by atoms with van der Waals surface area (Å²) >= 11 is 12.2.